The zero-order valence-corrected chi connectivity index (χ0v) is 16.8. The van der Waals surface area contributed by atoms with Gasteiger partial charge in [-0.15, -0.1) is 11.8 Å². The van der Waals surface area contributed by atoms with Crippen molar-refractivity contribution in [2.45, 2.75) is 51.6 Å². The number of likely N-dealkylation sites (tertiary alicyclic amines) is 1. The normalized spacial score (nSPS) is 25.6. The minimum Gasteiger partial charge on any atom is -0.373 e. The molecule has 3 rings (SSSR count). The summed E-state index contributed by atoms with van der Waals surface area (Å²) < 4.78 is 10.8. The molecule has 0 N–H and O–H groups in total. The van der Waals surface area contributed by atoms with Crippen LogP contribution in [0.5, 0.6) is 0 Å². The number of hydrogen-bond donors (Lipinski definition) is 0. The molecule has 0 spiro atoms. The van der Waals surface area contributed by atoms with Gasteiger partial charge in [0.25, 0.3) is 0 Å². The summed E-state index contributed by atoms with van der Waals surface area (Å²) in [7, 11) is 0. The van der Waals surface area contributed by atoms with Gasteiger partial charge in [-0.1, -0.05) is 5.16 Å². The van der Waals surface area contributed by atoms with E-state index in [4.69, 9.17) is 9.26 Å². The Labute approximate surface area is 159 Å². The van der Waals surface area contributed by atoms with Crippen molar-refractivity contribution >= 4 is 17.7 Å². The van der Waals surface area contributed by atoms with Gasteiger partial charge in [0.15, 0.2) is 5.82 Å². The summed E-state index contributed by atoms with van der Waals surface area (Å²) in [6.45, 7) is 11.0. The fourth-order valence-corrected chi connectivity index (χ4v) is 4.64. The average Bonchev–Trinajstić information content (AvgIpc) is 3.00. The van der Waals surface area contributed by atoms with Crippen molar-refractivity contribution in [2.75, 3.05) is 38.5 Å². The maximum Gasteiger partial charge on any atom is 0.232 e. The van der Waals surface area contributed by atoms with Gasteiger partial charge in [0.1, 0.15) is 0 Å². The smallest absolute Gasteiger partial charge is 0.232 e. The number of carbonyl (C=O) groups is 1. The maximum atomic E-state index is 12.4. The van der Waals surface area contributed by atoms with E-state index in [1.807, 2.05) is 4.90 Å². The van der Waals surface area contributed by atoms with Crippen LogP contribution in [0.4, 0.5) is 0 Å². The summed E-state index contributed by atoms with van der Waals surface area (Å²) in [5, 5.41) is 3.86. The van der Waals surface area contributed by atoms with Crippen molar-refractivity contribution in [1.82, 2.24) is 19.9 Å². The Balaban J connectivity index is 1.34. The second kappa shape index (κ2) is 9.19. The van der Waals surface area contributed by atoms with Gasteiger partial charge in [-0.2, -0.15) is 4.98 Å². The Morgan fingerprint density at radius 2 is 1.92 bits per heavy atom. The highest BCUT2D eigenvalue weighted by Crippen LogP contribution is 2.22. The lowest BCUT2D eigenvalue weighted by atomic mass is 9.95. The zero-order valence-electron chi connectivity index (χ0n) is 16.0. The van der Waals surface area contributed by atoms with Gasteiger partial charge < -0.3 is 14.2 Å². The van der Waals surface area contributed by atoms with Crippen LogP contribution in [0.3, 0.4) is 0 Å². The van der Waals surface area contributed by atoms with Crippen LogP contribution >= 0.6 is 11.8 Å². The fourth-order valence-electron chi connectivity index (χ4n) is 3.88. The molecule has 0 aromatic carbocycles. The van der Waals surface area contributed by atoms with Gasteiger partial charge in [0.2, 0.25) is 11.8 Å². The minimum absolute atomic E-state index is 0.224. The first-order valence-electron chi connectivity index (χ1n) is 9.52. The molecule has 1 amide bonds. The van der Waals surface area contributed by atoms with Crippen LogP contribution in [-0.4, -0.2) is 76.5 Å². The van der Waals surface area contributed by atoms with E-state index in [1.54, 1.807) is 18.7 Å². The molecule has 0 saturated carbocycles. The van der Waals surface area contributed by atoms with Crippen molar-refractivity contribution < 1.29 is 14.1 Å². The Hall–Kier alpha value is -1.12. The van der Waals surface area contributed by atoms with Gasteiger partial charge in [0.05, 0.1) is 23.7 Å². The Morgan fingerprint density at radius 3 is 2.54 bits per heavy atom. The van der Waals surface area contributed by atoms with E-state index in [2.05, 4.69) is 28.9 Å². The number of piperidine rings is 1. The zero-order chi connectivity index (χ0) is 18.5. The lowest BCUT2D eigenvalue weighted by Gasteiger charge is -2.39. The van der Waals surface area contributed by atoms with Crippen molar-refractivity contribution in [3.05, 3.63) is 11.7 Å². The number of thioether (sulfide) groups is 1. The van der Waals surface area contributed by atoms with Crippen LogP contribution in [0.1, 0.15) is 38.4 Å². The molecular weight excluding hydrogens is 352 g/mol. The number of ether oxygens (including phenoxy) is 1. The molecule has 2 saturated heterocycles. The molecule has 7 nitrogen and oxygen atoms in total. The molecule has 0 radical (unpaired) electrons. The third-order valence-corrected chi connectivity index (χ3v) is 5.92. The highest BCUT2D eigenvalue weighted by atomic mass is 32.2. The molecule has 2 atom stereocenters. The fraction of sp³-hybridized carbons (Fsp3) is 0.833. The molecule has 0 unspecified atom stereocenters. The maximum absolute atomic E-state index is 12.4. The third kappa shape index (κ3) is 5.69. The molecule has 8 heteroatoms. The van der Waals surface area contributed by atoms with Crippen LogP contribution in [0, 0.1) is 12.8 Å². The summed E-state index contributed by atoms with van der Waals surface area (Å²) in [4.78, 5) is 21.1. The van der Waals surface area contributed by atoms with E-state index in [1.165, 1.54) is 0 Å². The Morgan fingerprint density at radius 1 is 1.23 bits per heavy atom. The first kappa shape index (κ1) is 19.6. The highest BCUT2D eigenvalue weighted by Gasteiger charge is 2.27. The van der Waals surface area contributed by atoms with Crippen LogP contribution in [-0.2, 0) is 15.3 Å². The number of amides is 1. The standard InChI is InChI=1S/C18H30N4O3S/c1-13-8-21(9-14(2)24-13)10-16-4-6-22(7-5-16)18(23)12-26-11-17-19-15(3)25-20-17/h13-14,16H,4-12H2,1-3H3/t13-,14-/m1/s1. The quantitative estimate of drug-likeness (QED) is 0.745. The van der Waals surface area contributed by atoms with E-state index < -0.39 is 0 Å². The van der Waals surface area contributed by atoms with E-state index in [-0.39, 0.29) is 5.91 Å². The topological polar surface area (TPSA) is 71.7 Å². The van der Waals surface area contributed by atoms with E-state index in [0.717, 1.165) is 45.6 Å². The molecule has 26 heavy (non-hydrogen) atoms. The number of aryl methyl sites for hydroxylation is 1. The molecule has 146 valence electrons. The van der Waals surface area contributed by atoms with Crippen molar-refractivity contribution in [3.63, 3.8) is 0 Å². The van der Waals surface area contributed by atoms with Crippen LogP contribution < -0.4 is 0 Å². The summed E-state index contributed by atoms with van der Waals surface area (Å²) in [6, 6.07) is 0. The van der Waals surface area contributed by atoms with Crippen molar-refractivity contribution in [3.8, 4) is 0 Å². The molecule has 0 aliphatic carbocycles. The number of carbonyl (C=O) groups excluding carboxylic acids is 1. The summed E-state index contributed by atoms with van der Waals surface area (Å²) in [5.41, 5.74) is 0. The SMILES string of the molecule is Cc1nc(CSCC(=O)N2CCC(CN3C[C@@H](C)O[C@H](C)C3)CC2)no1. The van der Waals surface area contributed by atoms with Gasteiger partial charge in [-0.05, 0) is 32.6 Å². The molecule has 1 aromatic heterocycles. The van der Waals surface area contributed by atoms with Gasteiger partial charge in [0, 0.05) is 39.6 Å². The Kier molecular flexibility index (Phi) is 6.94. The van der Waals surface area contributed by atoms with E-state index >= 15 is 0 Å². The predicted octanol–water partition coefficient (Wildman–Crippen LogP) is 1.96. The molecule has 3 heterocycles. The van der Waals surface area contributed by atoms with Crippen LogP contribution in [0.2, 0.25) is 0 Å². The lowest BCUT2D eigenvalue weighted by Crippen LogP contribution is -2.48. The van der Waals surface area contributed by atoms with E-state index in [9.17, 15) is 4.79 Å². The van der Waals surface area contributed by atoms with Gasteiger partial charge in [-0.25, -0.2) is 0 Å². The monoisotopic (exact) mass is 382 g/mol. The largest absolute Gasteiger partial charge is 0.373 e. The van der Waals surface area contributed by atoms with Crippen LogP contribution in [0.15, 0.2) is 4.52 Å². The number of morpholine rings is 1. The molecule has 1 aromatic rings. The Bertz CT molecular complexity index is 579. The molecule has 2 fully saturated rings. The number of aromatic nitrogens is 2. The minimum atomic E-state index is 0.224. The van der Waals surface area contributed by atoms with Gasteiger partial charge >= 0.3 is 0 Å². The first-order chi connectivity index (χ1) is 12.5. The summed E-state index contributed by atoms with van der Waals surface area (Å²) >= 11 is 1.55. The molecule has 2 aliphatic heterocycles. The average molecular weight is 383 g/mol. The summed E-state index contributed by atoms with van der Waals surface area (Å²) in [6.07, 6.45) is 2.84. The van der Waals surface area contributed by atoms with Crippen LogP contribution in [0.25, 0.3) is 0 Å². The second-order valence-corrected chi connectivity index (χ2v) is 8.51. The third-order valence-electron chi connectivity index (χ3n) is 5.01. The highest BCUT2D eigenvalue weighted by molar-refractivity contribution is 7.99. The number of rotatable bonds is 6. The summed E-state index contributed by atoms with van der Waals surface area (Å²) in [5.74, 6) is 3.24. The van der Waals surface area contributed by atoms with E-state index in [0.29, 0.717) is 41.3 Å². The lowest BCUT2D eigenvalue weighted by molar-refractivity contribution is -0.129. The molecule has 2 aliphatic rings. The van der Waals surface area contributed by atoms with Crippen molar-refractivity contribution in [1.29, 1.82) is 0 Å². The van der Waals surface area contributed by atoms with Crippen molar-refractivity contribution in [2.24, 2.45) is 5.92 Å². The first-order valence-corrected chi connectivity index (χ1v) is 10.7. The number of hydrogen-bond acceptors (Lipinski definition) is 7. The van der Waals surface area contributed by atoms with Gasteiger partial charge in [-0.3, -0.25) is 9.69 Å². The molecule has 0 bridgehead atoms. The number of nitrogens with zero attached hydrogens (tertiary/aromatic N) is 4. The second-order valence-electron chi connectivity index (χ2n) is 7.52. The molecular formula is C18H30N4O3S. The predicted molar refractivity (Wildman–Crippen MR) is 101 cm³/mol.